The Balaban J connectivity index is 1.81. The number of nitrogens with zero attached hydrogens (tertiary/aromatic N) is 1. The molecule has 1 unspecified atom stereocenters. The third kappa shape index (κ3) is 4.38. The normalized spacial score (nSPS) is 12.6. The maximum atomic E-state index is 5.65. The zero-order valence-corrected chi connectivity index (χ0v) is 12.4. The Kier molecular flexibility index (Phi) is 5.18. The number of hydrogen-bond donors (Lipinski definition) is 2. The van der Waals surface area contributed by atoms with Crippen LogP contribution in [0.4, 0.5) is 0 Å². The average Bonchev–Trinajstić information content (AvgIpc) is 2.92. The van der Waals surface area contributed by atoms with Crippen LogP contribution in [0.25, 0.3) is 0 Å². The summed E-state index contributed by atoms with van der Waals surface area (Å²) in [6, 6.07) is 8.60. The summed E-state index contributed by atoms with van der Waals surface area (Å²) in [5, 5.41) is 3.50. The lowest BCUT2D eigenvalue weighted by Gasteiger charge is -2.15. The zero-order chi connectivity index (χ0) is 14.4. The van der Waals surface area contributed by atoms with Crippen molar-refractivity contribution in [3.05, 3.63) is 48.0 Å². The predicted molar refractivity (Wildman–Crippen MR) is 80.9 cm³/mol. The molecule has 2 aromatic rings. The van der Waals surface area contributed by atoms with Crippen molar-refractivity contribution in [1.29, 1.82) is 0 Å². The lowest BCUT2D eigenvalue weighted by molar-refractivity contribution is 0.242. The van der Waals surface area contributed by atoms with Gasteiger partial charge in [0, 0.05) is 31.4 Å². The highest BCUT2D eigenvalue weighted by atomic mass is 16.5. The molecule has 0 saturated carbocycles. The first-order chi connectivity index (χ1) is 9.65. The molecule has 4 heteroatoms. The highest BCUT2D eigenvalue weighted by molar-refractivity contribution is 5.29. The Morgan fingerprint density at radius 1 is 1.20 bits per heavy atom. The fraction of sp³-hybridized carbons (Fsp3) is 0.438. The van der Waals surface area contributed by atoms with Crippen molar-refractivity contribution in [3.63, 3.8) is 0 Å². The molecule has 0 saturated heterocycles. The van der Waals surface area contributed by atoms with Crippen LogP contribution in [0.15, 0.2) is 36.7 Å². The quantitative estimate of drug-likeness (QED) is 0.815. The van der Waals surface area contributed by atoms with Gasteiger partial charge in [0.1, 0.15) is 11.6 Å². The highest BCUT2D eigenvalue weighted by Gasteiger charge is 2.05. The summed E-state index contributed by atoms with van der Waals surface area (Å²) >= 11 is 0. The molecule has 4 nitrogen and oxygen atoms in total. The van der Waals surface area contributed by atoms with Crippen LogP contribution in [0.1, 0.15) is 38.2 Å². The van der Waals surface area contributed by atoms with Crippen molar-refractivity contribution in [2.75, 3.05) is 6.54 Å². The van der Waals surface area contributed by atoms with E-state index in [1.807, 2.05) is 32.2 Å². The summed E-state index contributed by atoms with van der Waals surface area (Å²) in [7, 11) is 0. The van der Waals surface area contributed by atoms with E-state index >= 15 is 0 Å². The van der Waals surface area contributed by atoms with Gasteiger partial charge in [-0.25, -0.2) is 4.98 Å². The van der Waals surface area contributed by atoms with Crippen LogP contribution < -0.4 is 10.1 Å². The van der Waals surface area contributed by atoms with Gasteiger partial charge < -0.3 is 15.0 Å². The molecule has 0 fully saturated rings. The summed E-state index contributed by atoms with van der Waals surface area (Å²) < 4.78 is 5.65. The molecule has 1 aromatic carbocycles. The standard InChI is InChI=1S/C16H23N3O/c1-12(2)20-15-6-4-14(5-7-15)13(3)17-9-8-16-18-10-11-19-16/h4-7,10-13,17H,8-9H2,1-3H3,(H,18,19). The zero-order valence-electron chi connectivity index (χ0n) is 12.4. The lowest BCUT2D eigenvalue weighted by atomic mass is 10.1. The molecule has 108 valence electrons. The molecular weight excluding hydrogens is 250 g/mol. The molecule has 0 aliphatic heterocycles. The van der Waals surface area contributed by atoms with Crippen LogP contribution in [-0.2, 0) is 6.42 Å². The minimum atomic E-state index is 0.213. The topological polar surface area (TPSA) is 49.9 Å². The van der Waals surface area contributed by atoms with Gasteiger partial charge in [0.15, 0.2) is 0 Å². The third-order valence-corrected chi connectivity index (χ3v) is 3.12. The monoisotopic (exact) mass is 273 g/mol. The van der Waals surface area contributed by atoms with E-state index in [0.29, 0.717) is 6.04 Å². The van der Waals surface area contributed by atoms with Crippen LogP contribution in [0.2, 0.25) is 0 Å². The summed E-state index contributed by atoms with van der Waals surface area (Å²) in [5.74, 6) is 1.94. The van der Waals surface area contributed by atoms with Gasteiger partial charge >= 0.3 is 0 Å². The van der Waals surface area contributed by atoms with Gasteiger partial charge in [-0.3, -0.25) is 0 Å². The van der Waals surface area contributed by atoms with Crippen molar-refractivity contribution in [3.8, 4) is 5.75 Å². The second-order valence-corrected chi connectivity index (χ2v) is 5.20. The van der Waals surface area contributed by atoms with Crippen molar-refractivity contribution in [2.24, 2.45) is 0 Å². The first-order valence-corrected chi connectivity index (χ1v) is 7.13. The van der Waals surface area contributed by atoms with Gasteiger partial charge in [-0.1, -0.05) is 12.1 Å². The van der Waals surface area contributed by atoms with Crippen molar-refractivity contribution in [2.45, 2.75) is 39.3 Å². The van der Waals surface area contributed by atoms with E-state index < -0.39 is 0 Å². The minimum Gasteiger partial charge on any atom is -0.491 e. The predicted octanol–water partition coefficient (Wildman–Crippen LogP) is 3.09. The minimum absolute atomic E-state index is 0.213. The molecule has 20 heavy (non-hydrogen) atoms. The molecule has 1 atom stereocenters. The first-order valence-electron chi connectivity index (χ1n) is 7.13. The summed E-state index contributed by atoms with van der Waals surface area (Å²) in [6.07, 6.45) is 4.76. The SMILES string of the molecule is CC(C)Oc1ccc(C(C)NCCc2ncc[nH]2)cc1. The van der Waals surface area contributed by atoms with Crippen LogP contribution in [0.5, 0.6) is 5.75 Å². The molecule has 0 spiro atoms. The second kappa shape index (κ2) is 7.10. The summed E-state index contributed by atoms with van der Waals surface area (Å²) in [4.78, 5) is 7.32. The fourth-order valence-corrected chi connectivity index (χ4v) is 2.07. The third-order valence-electron chi connectivity index (χ3n) is 3.12. The summed E-state index contributed by atoms with van der Waals surface area (Å²) in [6.45, 7) is 7.14. The number of imidazole rings is 1. The van der Waals surface area contributed by atoms with Crippen LogP contribution in [-0.4, -0.2) is 22.6 Å². The lowest BCUT2D eigenvalue weighted by Crippen LogP contribution is -2.21. The van der Waals surface area contributed by atoms with Crippen LogP contribution in [0.3, 0.4) is 0 Å². The van der Waals surface area contributed by atoms with Gasteiger partial charge in [0.05, 0.1) is 6.10 Å². The van der Waals surface area contributed by atoms with Gasteiger partial charge in [-0.05, 0) is 38.5 Å². The molecule has 1 aromatic heterocycles. The molecule has 1 heterocycles. The van der Waals surface area contributed by atoms with Crippen LogP contribution >= 0.6 is 0 Å². The number of hydrogen-bond acceptors (Lipinski definition) is 3. The smallest absolute Gasteiger partial charge is 0.119 e. The van der Waals surface area contributed by atoms with Gasteiger partial charge in [-0.2, -0.15) is 0 Å². The fourth-order valence-electron chi connectivity index (χ4n) is 2.07. The van der Waals surface area contributed by atoms with E-state index in [4.69, 9.17) is 4.74 Å². The highest BCUT2D eigenvalue weighted by Crippen LogP contribution is 2.18. The van der Waals surface area contributed by atoms with Crippen molar-refractivity contribution in [1.82, 2.24) is 15.3 Å². The molecule has 0 aliphatic rings. The summed E-state index contributed by atoms with van der Waals surface area (Å²) in [5.41, 5.74) is 1.26. The van der Waals surface area contributed by atoms with E-state index in [1.54, 1.807) is 6.20 Å². The van der Waals surface area contributed by atoms with Crippen molar-refractivity contribution < 1.29 is 4.74 Å². The Labute approximate surface area is 120 Å². The number of aromatic nitrogens is 2. The number of rotatable bonds is 7. The van der Waals surface area contributed by atoms with E-state index in [1.165, 1.54) is 5.56 Å². The molecule has 2 N–H and O–H groups in total. The van der Waals surface area contributed by atoms with Gasteiger partial charge in [0.2, 0.25) is 0 Å². The Hall–Kier alpha value is -1.81. The number of benzene rings is 1. The van der Waals surface area contributed by atoms with E-state index in [9.17, 15) is 0 Å². The van der Waals surface area contributed by atoms with Gasteiger partial charge in [0.25, 0.3) is 0 Å². The molecule has 0 bridgehead atoms. The maximum absolute atomic E-state index is 5.65. The van der Waals surface area contributed by atoms with Gasteiger partial charge in [-0.15, -0.1) is 0 Å². The molecule has 0 aliphatic carbocycles. The van der Waals surface area contributed by atoms with E-state index in [2.05, 4.69) is 34.3 Å². The molecule has 0 amide bonds. The van der Waals surface area contributed by atoms with E-state index in [0.717, 1.165) is 24.5 Å². The second-order valence-electron chi connectivity index (χ2n) is 5.20. The Bertz CT molecular complexity index is 491. The number of nitrogens with one attached hydrogen (secondary N) is 2. The van der Waals surface area contributed by atoms with Crippen LogP contribution in [0, 0.1) is 0 Å². The number of ether oxygens (including phenoxy) is 1. The van der Waals surface area contributed by atoms with Crippen molar-refractivity contribution >= 4 is 0 Å². The average molecular weight is 273 g/mol. The molecule has 2 rings (SSSR count). The maximum Gasteiger partial charge on any atom is 0.119 e. The molecule has 0 radical (unpaired) electrons. The number of aromatic amines is 1. The Morgan fingerprint density at radius 2 is 1.95 bits per heavy atom. The first kappa shape index (κ1) is 14.6. The largest absolute Gasteiger partial charge is 0.491 e. The Morgan fingerprint density at radius 3 is 2.55 bits per heavy atom. The molecular formula is C16H23N3O. The van der Waals surface area contributed by atoms with E-state index in [-0.39, 0.29) is 6.10 Å². The number of H-pyrrole nitrogens is 1.